The Kier molecular flexibility index (Phi) is 11.3. The first-order valence-corrected chi connectivity index (χ1v) is 20.1. The van der Waals surface area contributed by atoms with Crippen molar-refractivity contribution in [1.82, 2.24) is 0 Å². The molecule has 0 fully saturated rings. The monoisotopic (exact) mass is 842 g/mol. The highest BCUT2D eigenvalue weighted by Gasteiger charge is 2.27. The van der Waals surface area contributed by atoms with Crippen molar-refractivity contribution in [1.29, 1.82) is 0 Å². The molecule has 304 valence electrons. The summed E-state index contributed by atoms with van der Waals surface area (Å²) in [6.45, 7) is 4.93. The van der Waals surface area contributed by atoms with Crippen LogP contribution in [0.1, 0.15) is 19.4 Å². The van der Waals surface area contributed by atoms with Crippen molar-refractivity contribution >= 4 is 88.5 Å². The summed E-state index contributed by atoms with van der Waals surface area (Å²) in [5, 5.41) is 39.5. The van der Waals surface area contributed by atoms with Gasteiger partial charge in [-0.05, 0) is 70.6 Å². The molecule has 0 amide bonds. The van der Waals surface area contributed by atoms with Gasteiger partial charge in [0, 0.05) is 46.4 Å². The summed E-state index contributed by atoms with van der Waals surface area (Å²) in [6.07, 6.45) is 0. The molecule has 21 heteroatoms. The van der Waals surface area contributed by atoms with Crippen molar-refractivity contribution in [3.63, 3.8) is 0 Å². The van der Waals surface area contributed by atoms with E-state index in [-0.39, 0.29) is 75.4 Å². The van der Waals surface area contributed by atoms with Crippen molar-refractivity contribution < 1.29 is 49.7 Å². The second-order valence-corrected chi connectivity index (χ2v) is 14.4. The molecule has 2 heterocycles. The van der Waals surface area contributed by atoms with Crippen LogP contribution >= 0.6 is 0 Å². The van der Waals surface area contributed by atoms with Gasteiger partial charge in [-0.1, -0.05) is 32.0 Å². The van der Waals surface area contributed by atoms with E-state index in [2.05, 4.69) is 30.9 Å². The highest BCUT2D eigenvalue weighted by Crippen LogP contribution is 2.49. The molecule has 8 rings (SSSR count). The fourth-order valence-electron chi connectivity index (χ4n) is 6.32. The number of azo groups is 3. The number of hydrogen-bond donors (Lipinski definition) is 4. The second-order valence-electron chi connectivity index (χ2n) is 12.4. The van der Waals surface area contributed by atoms with E-state index < -0.39 is 33.2 Å². The molecular weight excluding hydrogens is 809 g/mol. The molecular formula is C38H34N8O11S2. The Morgan fingerprint density at radius 1 is 0.847 bits per heavy atom. The highest BCUT2D eigenvalue weighted by molar-refractivity contribution is 7.86. The van der Waals surface area contributed by atoms with E-state index in [1.54, 1.807) is 44.3 Å². The summed E-state index contributed by atoms with van der Waals surface area (Å²) in [5.74, 6) is 0.236. The Balaban J connectivity index is 0.00000260. The third kappa shape index (κ3) is 8.12. The Labute approximate surface area is 338 Å². The van der Waals surface area contributed by atoms with Crippen molar-refractivity contribution in [2.45, 2.75) is 25.7 Å². The summed E-state index contributed by atoms with van der Waals surface area (Å²) in [6, 6.07) is 20.0. The second kappa shape index (κ2) is 16.5. The van der Waals surface area contributed by atoms with Gasteiger partial charge in [0.1, 0.15) is 27.6 Å². The molecule has 59 heavy (non-hydrogen) atoms. The van der Waals surface area contributed by atoms with Gasteiger partial charge in [-0.2, -0.15) is 12.6 Å². The lowest BCUT2D eigenvalue weighted by atomic mass is 10.0. The average molecular weight is 843 g/mol. The van der Waals surface area contributed by atoms with E-state index in [4.69, 9.17) is 28.9 Å². The number of nitrogen functional groups attached to an aromatic ring is 1. The zero-order valence-corrected chi connectivity index (χ0v) is 33.2. The van der Waals surface area contributed by atoms with Crippen LogP contribution in [0.2, 0.25) is 0 Å². The Bertz CT molecular complexity index is 2890. The number of nitrogens with two attached hydrogens (primary N) is 1. The molecule has 0 spiro atoms. The van der Waals surface area contributed by atoms with Gasteiger partial charge >= 0.3 is 11.4 Å². The number of fused-ring (bicyclic) bond motifs is 8. The van der Waals surface area contributed by atoms with Gasteiger partial charge in [-0.15, -0.1) is 20.5 Å². The Morgan fingerprint density at radius 3 is 2.19 bits per heavy atom. The van der Waals surface area contributed by atoms with Crippen LogP contribution in [0, 0.1) is 12.1 Å². The molecule has 6 aromatic rings. The van der Waals surface area contributed by atoms with E-state index in [9.17, 15) is 26.9 Å². The number of aryl methyl sites for hydroxylation is 1. The first-order chi connectivity index (χ1) is 28.4. The summed E-state index contributed by atoms with van der Waals surface area (Å²) in [7, 11) is -3.07. The van der Waals surface area contributed by atoms with Crippen LogP contribution in [0.4, 0.5) is 45.5 Å². The van der Waals surface area contributed by atoms with Gasteiger partial charge in [0.25, 0.3) is 10.1 Å². The minimum Gasteiger partial charge on any atom is -0.594 e. The van der Waals surface area contributed by atoms with Crippen LogP contribution in [0.3, 0.4) is 0 Å². The van der Waals surface area contributed by atoms with Gasteiger partial charge in [0.2, 0.25) is 19.3 Å². The van der Waals surface area contributed by atoms with Gasteiger partial charge in [0.15, 0.2) is 34.4 Å². The highest BCUT2D eigenvalue weighted by atomic mass is 32.2. The lowest BCUT2D eigenvalue weighted by Gasteiger charge is -2.16. The number of nitrogens with one attached hydrogen (secondary N) is 1. The smallest absolute Gasteiger partial charge is 0.357 e. The number of ether oxygens (including phenoxy) is 4. The van der Waals surface area contributed by atoms with Gasteiger partial charge in [0.05, 0.1) is 6.07 Å². The lowest BCUT2D eigenvalue weighted by Crippen LogP contribution is -2.08. The van der Waals surface area contributed by atoms with E-state index >= 15 is 0 Å². The number of benzene rings is 6. The zero-order chi connectivity index (χ0) is 42.0. The molecule has 0 saturated heterocycles. The molecule has 0 radical (unpaired) electrons. The predicted molar refractivity (Wildman–Crippen MR) is 218 cm³/mol. The van der Waals surface area contributed by atoms with E-state index in [0.29, 0.717) is 32.1 Å². The van der Waals surface area contributed by atoms with Crippen LogP contribution in [0.25, 0.3) is 21.5 Å². The minimum absolute atomic E-state index is 0.00783. The van der Waals surface area contributed by atoms with Crippen LogP contribution in [0.15, 0.2) is 109 Å². The molecule has 0 aromatic heterocycles. The maximum Gasteiger partial charge on any atom is 0.357 e. The van der Waals surface area contributed by atoms with E-state index in [1.165, 1.54) is 42.5 Å². The van der Waals surface area contributed by atoms with Crippen molar-refractivity contribution in [2.24, 2.45) is 25.6 Å². The van der Waals surface area contributed by atoms with Gasteiger partial charge < -0.3 is 39.4 Å². The summed E-state index contributed by atoms with van der Waals surface area (Å²) >= 11 is -2.68. The largest absolute Gasteiger partial charge is 0.594 e. The summed E-state index contributed by atoms with van der Waals surface area (Å²) < 4.78 is 84.9. The van der Waals surface area contributed by atoms with Crippen molar-refractivity contribution in [2.75, 3.05) is 31.7 Å². The Morgan fingerprint density at radius 2 is 1.51 bits per heavy atom. The van der Waals surface area contributed by atoms with E-state index in [1.807, 2.05) is 19.9 Å². The van der Waals surface area contributed by atoms with Crippen LogP contribution in [-0.4, -0.2) is 47.2 Å². The predicted octanol–water partition coefficient (Wildman–Crippen LogP) is 9.93. The standard InChI is InChI=1S/C36H28N8O11S2.C2H6/c1-18-10-20-13-30(57(48,49)50)34-35(31(20)23(37)11-18)53-17-52-28-15-22(7-9-25(28)40-42-34)44(45)43-21-6-8-24-27(14-21)51-16-54-36-32-19(4-3-5-26(32)38-2)12-29(55-56(46)47)33(36)41-39-24;1-2/h3-15,38H,16-17,37H2,1-2H3,(H,46,47)(H,48,49,50);1-2H3. The molecule has 1 atom stereocenters. The average Bonchev–Trinajstić information content (AvgIpc) is 3.35. The van der Waals surface area contributed by atoms with Gasteiger partial charge in [-0.3, -0.25) is 9.11 Å². The zero-order valence-electron chi connectivity index (χ0n) is 31.6. The molecule has 2 aliphatic heterocycles. The summed E-state index contributed by atoms with van der Waals surface area (Å²) in [4.78, 5) is -0.225. The molecule has 5 N–H and O–H groups in total. The van der Waals surface area contributed by atoms with Crippen LogP contribution in [0.5, 0.6) is 28.7 Å². The quantitative estimate of drug-likeness (QED) is 0.0304. The fraction of sp³-hybridized carbons (Fsp3) is 0.158. The molecule has 19 nitrogen and oxygen atoms in total. The number of nitrogens with zero attached hydrogens (tertiary/aromatic N) is 6. The molecule has 0 saturated carbocycles. The molecule has 0 aliphatic carbocycles. The third-order valence-electron chi connectivity index (χ3n) is 8.74. The maximum atomic E-state index is 13.4. The maximum absolute atomic E-state index is 13.4. The normalized spacial score (nSPS) is 13.9. The molecule has 1 unspecified atom stereocenters. The number of hydrogen-bond acceptors (Lipinski definition) is 16. The third-order valence-corrected chi connectivity index (χ3v) is 9.93. The summed E-state index contributed by atoms with van der Waals surface area (Å²) in [5.41, 5.74) is 8.22. The van der Waals surface area contributed by atoms with Crippen molar-refractivity contribution in [3.05, 3.63) is 89.6 Å². The lowest BCUT2D eigenvalue weighted by molar-refractivity contribution is -0.435. The molecule has 6 aromatic carbocycles. The van der Waals surface area contributed by atoms with E-state index in [0.717, 1.165) is 5.56 Å². The Hall–Kier alpha value is -6.94. The minimum atomic E-state index is -4.80. The number of rotatable bonds is 6. The van der Waals surface area contributed by atoms with Crippen molar-refractivity contribution in [3.8, 4) is 28.7 Å². The van der Waals surface area contributed by atoms with Gasteiger partial charge in [-0.25, -0.2) is 0 Å². The first-order valence-electron chi connectivity index (χ1n) is 17.6. The SMILES string of the molecule is CC.CNc1cccc2cc(OS(=O)O)c3c(c12)OCOc1cc(N=[N+]([O-])c2ccc4c(c2)OCOc2c(c(S(=O)(=O)O)cc5cc(C)cc(N)c25)N=N4)ccc1N=N3. The molecule has 2 aliphatic rings. The molecule has 0 bridgehead atoms. The fourth-order valence-corrected chi connectivity index (χ4v) is 7.25. The van der Waals surface area contributed by atoms with Crippen LogP contribution < -0.4 is 34.2 Å². The van der Waals surface area contributed by atoms with Crippen LogP contribution in [-0.2, 0) is 21.5 Å². The first kappa shape index (κ1) is 40.3. The number of anilines is 2. The topological polar surface area (TPSA) is 264 Å².